The van der Waals surface area contributed by atoms with Crippen LogP contribution < -0.4 is 16.0 Å². The number of hydrogen-bond donors (Lipinski definition) is 2. The molecule has 0 aliphatic heterocycles. The highest BCUT2D eigenvalue weighted by atomic mass is 79.9. The number of carbonyl (C=O) groups is 1. The molecule has 0 atom stereocenters. The van der Waals surface area contributed by atoms with E-state index >= 15 is 0 Å². The molecule has 0 radical (unpaired) electrons. The number of ether oxygens (including phenoxy) is 1. The number of anilines is 2. The lowest BCUT2D eigenvalue weighted by atomic mass is 10.3. The number of carbonyl (C=O) groups excluding carboxylic acids is 1. The number of nitrogen functional groups attached to an aromatic ring is 1. The standard InChI is InChI=1S/C11H17BrN4O2/c1-16(7-10(17)14-3-4-18-2)11-9(13)5-8(12)6-15-11/h5-6H,3-4,7,13H2,1-2H3,(H,14,17). The Bertz CT molecular complexity index is 414. The molecule has 18 heavy (non-hydrogen) atoms. The van der Waals surface area contributed by atoms with Crippen LogP contribution in [0.3, 0.4) is 0 Å². The molecule has 1 aromatic rings. The van der Waals surface area contributed by atoms with E-state index in [1.165, 1.54) is 0 Å². The predicted octanol–water partition coefficient (Wildman–Crippen LogP) is 0.625. The molecule has 0 saturated carbocycles. The van der Waals surface area contributed by atoms with Crippen LogP contribution in [0.1, 0.15) is 0 Å². The van der Waals surface area contributed by atoms with Gasteiger partial charge in [-0.05, 0) is 22.0 Å². The number of halogens is 1. The molecule has 1 heterocycles. The van der Waals surface area contributed by atoms with Crippen molar-refractivity contribution in [2.24, 2.45) is 0 Å². The number of rotatable bonds is 6. The van der Waals surface area contributed by atoms with Gasteiger partial charge in [0, 0.05) is 31.4 Å². The summed E-state index contributed by atoms with van der Waals surface area (Å²) in [7, 11) is 3.35. The minimum Gasteiger partial charge on any atom is -0.396 e. The number of amides is 1. The molecule has 0 aliphatic rings. The summed E-state index contributed by atoms with van der Waals surface area (Å²) in [6, 6.07) is 1.75. The Hall–Kier alpha value is -1.34. The highest BCUT2D eigenvalue weighted by molar-refractivity contribution is 9.10. The van der Waals surface area contributed by atoms with Crippen LogP contribution in [0.25, 0.3) is 0 Å². The van der Waals surface area contributed by atoms with Crippen LogP contribution in [-0.4, -0.2) is 44.7 Å². The van der Waals surface area contributed by atoms with Crippen LogP contribution in [0.2, 0.25) is 0 Å². The average molecular weight is 317 g/mol. The lowest BCUT2D eigenvalue weighted by Crippen LogP contribution is -2.37. The first-order valence-electron chi connectivity index (χ1n) is 5.42. The molecule has 0 unspecified atom stereocenters. The zero-order valence-corrected chi connectivity index (χ0v) is 12.0. The Morgan fingerprint density at radius 2 is 2.39 bits per heavy atom. The molecular formula is C11H17BrN4O2. The zero-order chi connectivity index (χ0) is 13.5. The second kappa shape index (κ2) is 7.17. The molecular weight excluding hydrogens is 300 g/mol. The highest BCUT2D eigenvalue weighted by Crippen LogP contribution is 2.22. The number of pyridine rings is 1. The van der Waals surface area contributed by atoms with Crippen molar-refractivity contribution in [2.75, 3.05) is 44.5 Å². The van der Waals surface area contributed by atoms with Crippen LogP contribution >= 0.6 is 15.9 Å². The maximum absolute atomic E-state index is 11.6. The number of nitrogens with one attached hydrogen (secondary N) is 1. The van der Waals surface area contributed by atoms with E-state index in [2.05, 4.69) is 26.2 Å². The van der Waals surface area contributed by atoms with E-state index in [9.17, 15) is 4.79 Å². The maximum Gasteiger partial charge on any atom is 0.239 e. The number of hydrogen-bond acceptors (Lipinski definition) is 5. The molecule has 0 fully saturated rings. The van der Waals surface area contributed by atoms with Gasteiger partial charge in [0.15, 0.2) is 5.82 Å². The summed E-state index contributed by atoms with van der Waals surface area (Å²) in [5, 5.41) is 2.73. The minimum atomic E-state index is -0.0985. The Labute approximate surface area is 115 Å². The van der Waals surface area contributed by atoms with Gasteiger partial charge in [-0.1, -0.05) is 0 Å². The first-order valence-corrected chi connectivity index (χ1v) is 6.21. The second-order valence-corrected chi connectivity index (χ2v) is 4.68. The van der Waals surface area contributed by atoms with Crippen LogP contribution in [0.15, 0.2) is 16.7 Å². The third-order valence-electron chi connectivity index (χ3n) is 2.23. The molecule has 0 aliphatic carbocycles. The van der Waals surface area contributed by atoms with Crippen molar-refractivity contribution in [3.63, 3.8) is 0 Å². The average Bonchev–Trinajstić information content (AvgIpc) is 2.28. The normalized spacial score (nSPS) is 10.2. The molecule has 100 valence electrons. The van der Waals surface area contributed by atoms with Crippen molar-refractivity contribution in [3.8, 4) is 0 Å². The van der Waals surface area contributed by atoms with Gasteiger partial charge < -0.3 is 20.7 Å². The van der Waals surface area contributed by atoms with Crippen molar-refractivity contribution in [3.05, 3.63) is 16.7 Å². The molecule has 0 aromatic carbocycles. The fourth-order valence-corrected chi connectivity index (χ4v) is 1.75. The lowest BCUT2D eigenvalue weighted by Gasteiger charge is -2.19. The Balaban J connectivity index is 2.54. The summed E-state index contributed by atoms with van der Waals surface area (Å²) in [4.78, 5) is 17.5. The summed E-state index contributed by atoms with van der Waals surface area (Å²) < 4.78 is 5.66. The van der Waals surface area contributed by atoms with Gasteiger partial charge in [-0.25, -0.2) is 4.98 Å². The number of aromatic nitrogens is 1. The van der Waals surface area contributed by atoms with E-state index in [0.717, 1.165) is 4.47 Å². The van der Waals surface area contributed by atoms with Gasteiger partial charge in [0.05, 0.1) is 18.8 Å². The Morgan fingerprint density at radius 1 is 1.67 bits per heavy atom. The second-order valence-electron chi connectivity index (χ2n) is 3.77. The molecule has 1 rings (SSSR count). The van der Waals surface area contributed by atoms with Gasteiger partial charge in [-0.3, -0.25) is 4.79 Å². The molecule has 7 heteroatoms. The van der Waals surface area contributed by atoms with Crippen LogP contribution in [0, 0.1) is 0 Å². The zero-order valence-electron chi connectivity index (χ0n) is 10.4. The third kappa shape index (κ3) is 4.50. The quantitative estimate of drug-likeness (QED) is 0.752. The summed E-state index contributed by atoms with van der Waals surface area (Å²) in [6.07, 6.45) is 1.64. The van der Waals surface area contributed by atoms with E-state index in [1.807, 2.05) is 0 Å². The van der Waals surface area contributed by atoms with Gasteiger partial charge in [-0.2, -0.15) is 0 Å². The van der Waals surface area contributed by atoms with E-state index in [1.54, 1.807) is 31.3 Å². The number of likely N-dealkylation sites (N-methyl/N-ethyl adjacent to an activating group) is 1. The van der Waals surface area contributed by atoms with Crippen molar-refractivity contribution in [1.82, 2.24) is 10.3 Å². The fraction of sp³-hybridized carbons (Fsp3) is 0.455. The number of methoxy groups -OCH3 is 1. The van der Waals surface area contributed by atoms with Crippen LogP contribution in [-0.2, 0) is 9.53 Å². The van der Waals surface area contributed by atoms with E-state index in [-0.39, 0.29) is 12.5 Å². The van der Waals surface area contributed by atoms with Crippen molar-refractivity contribution < 1.29 is 9.53 Å². The summed E-state index contributed by atoms with van der Waals surface area (Å²) in [5.74, 6) is 0.485. The van der Waals surface area contributed by atoms with Gasteiger partial charge >= 0.3 is 0 Å². The largest absolute Gasteiger partial charge is 0.396 e. The van der Waals surface area contributed by atoms with Gasteiger partial charge in [0.2, 0.25) is 5.91 Å². The smallest absolute Gasteiger partial charge is 0.239 e. The third-order valence-corrected chi connectivity index (χ3v) is 2.67. The van der Waals surface area contributed by atoms with E-state index in [4.69, 9.17) is 10.5 Å². The van der Waals surface area contributed by atoms with Crippen molar-refractivity contribution in [1.29, 1.82) is 0 Å². The van der Waals surface area contributed by atoms with E-state index < -0.39 is 0 Å². The Kier molecular flexibility index (Phi) is 5.87. The molecule has 6 nitrogen and oxygen atoms in total. The highest BCUT2D eigenvalue weighted by Gasteiger charge is 2.11. The summed E-state index contributed by atoms with van der Waals surface area (Å²) >= 11 is 3.28. The minimum absolute atomic E-state index is 0.0985. The molecule has 0 spiro atoms. The summed E-state index contributed by atoms with van der Waals surface area (Å²) in [6.45, 7) is 1.18. The molecule has 1 amide bonds. The van der Waals surface area contributed by atoms with E-state index in [0.29, 0.717) is 24.7 Å². The molecule has 3 N–H and O–H groups in total. The number of nitrogens with two attached hydrogens (primary N) is 1. The summed E-state index contributed by atoms with van der Waals surface area (Å²) in [5.41, 5.74) is 6.36. The lowest BCUT2D eigenvalue weighted by molar-refractivity contribution is -0.119. The molecule has 0 saturated heterocycles. The monoisotopic (exact) mass is 316 g/mol. The van der Waals surface area contributed by atoms with Gasteiger partial charge in [-0.15, -0.1) is 0 Å². The maximum atomic E-state index is 11.6. The number of nitrogens with zero attached hydrogens (tertiary/aromatic N) is 2. The first kappa shape index (κ1) is 14.7. The van der Waals surface area contributed by atoms with Crippen molar-refractivity contribution in [2.45, 2.75) is 0 Å². The Morgan fingerprint density at radius 3 is 3.00 bits per heavy atom. The van der Waals surface area contributed by atoms with Crippen LogP contribution in [0.4, 0.5) is 11.5 Å². The molecule has 1 aromatic heterocycles. The fourth-order valence-electron chi connectivity index (χ4n) is 1.41. The topological polar surface area (TPSA) is 80.5 Å². The SMILES string of the molecule is COCCNC(=O)CN(C)c1ncc(Br)cc1N. The van der Waals surface area contributed by atoms with Gasteiger partial charge in [0.25, 0.3) is 0 Å². The van der Waals surface area contributed by atoms with Gasteiger partial charge in [0.1, 0.15) is 0 Å². The van der Waals surface area contributed by atoms with Crippen molar-refractivity contribution >= 4 is 33.3 Å². The van der Waals surface area contributed by atoms with Crippen LogP contribution in [0.5, 0.6) is 0 Å². The first-order chi connectivity index (χ1) is 8.54. The predicted molar refractivity (Wildman–Crippen MR) is 74.5 cm³/mol. The molecule has 0 bridgehead atoms.